The number of Topliss-reactive ketones (excluding diaryl/α,β-unsaturated/α-hetero) is 1. The Morgan fingerprint density at radius 2 is 1.91 bits per heavy atom. The van der Waals surface area contributed by atoms with Crippen molar-refractivity contribution < 1.29 is 22.1 Å². The predicted molar refractivity (Wildman–Crippen MR) is 89.6 cm³/mol. The molecule has 2 aromatic rings. The second-order valence-electron chi connectivity index (χ2n) is 4.65. The van der Waals surface area contributed by atoms with E-state index in [2.05, 4.69) is 15.9 Å². The highest BCUT2D eigenvalue weighted by molar-refractivity contribution is 9.10. The van der Waals surface area contributed by atoms with Crippen molar-refractivity contribution in [2.24, 2.45) is 0 Å². The molecule has 0 aliphatic rings. The van der Waals surface area contributed by atoms with Crippen molar-refractivity contribution >= 4 is 31.8 Å². The first-order valence-corrected chi connectivity index (χ1v) is 9.01. The van der Waals surface area contributed by atoms with Crippen LogP contribution in [0.25, 0.3) is 0 Å². The van der Waals surface area contributed by atoms with Gasteiger partial charge in [-0.1, -0.05) is 12.1 Å². The molecule has 0 aliphatic heterocycles. The highest BCUT2D eigenvalue weighted by atomic mass is 79.9. The Labute approximate surface area is 143 Å². The second kappa shape index (κ2) is 7.14. The zero-order valence-electron chi connectivity index (χ0n) is 12.6. The van der Waals surface area contributed by atoms with Crippen molar-refractivity contribution in [2.75, 3.05) is 6.61 Å². The summed E-state index contributed by atoms with van der Waals surface area (Å²) >= 11 is 3.29. The van der Waals surface area contributed by atoms with Crippen molar-refractivity contribution in [1.82, 2.24) is 0 Å². The Balaban J connectivity index is 2.34. The molecule has 5 nitrogen and oxygen atoms in total. The van der Waals surface area contributed by atoms with Gasteiger partial charge in [0.2, 0.25) is 0 Å². The topological polar surface area (TPSA) is 69.7 Å². The van der Waals surface area contributed by atoms with Gasteiger partial charge in [0.25, 0.3) is 0 Å². The molecule has 0 heterocycles. The van der Waals surface area contributed by atoms with Gasteiger partial charge in [-0.3, -0.25) is 4.79 Å². The Kier molecular flexibility index (Phi) is 5.43. The number of ketones is 1. The molecule has 0 aliphatic carbocycles. The molecule has 0 bridgehead atoms. The number of benzene rings is 2. The number of hydrogen-bond acceptors (Lipinski definition) is 5. The van der Waals surface area contributed by atoms with E-state index in [1.54, 1.807) is 25.1 Å². The van der Waals surface area contributed by atoms with Crippen LogP contribution in [0.5, 0.6) is 11.5 Å². The molecule has 0 radical (unpaired) electrons. The minimum Gasteiger partial charge on any atom is -0.493 e. The highest BCUT2D eigenvalue weighted by Gasteiger charge is 2.19. The molecule has 2 rings (SSSR count). The Morgan fingerprint density at radius 1 is 1.17 bits per heavy atom. The van der Waals surface area contributed by atoms with E-state index in [-0.39, 0.29) is 16.4 Å². The van der Waals surface area contributed by atoms with E-state index in [4.69, 9.17) is 8.92 Å². The minimum absolute atomic E-state index is 0.0302. The molecule has 0 spiro atoms. The molecular weight excluding hydrogens is 384 g/mol. The first kappa shape index (κ1) is 17.5. The summed E-state index contributed by atoms with van der Waals surface area (Å²) in [5, 5.41) is 0. The van der Waals surface area contributed by atoms with Crippen molar-refractivity contribution in [3.05, 3.63) is 52.5 Å². The SMILES string of the molecule is CCOc1cc(S(=O)(=O)Oc2cccc(C(C)=O)c2)ccc1Br. The molecule has 23 heavy (non-hydrogen) atoms. The lowest BCUT2D eigenvalue weighted by Gasteiger charge is -2.10. The summed E-state index contributed by atoms with van der Waals surface area (Å²) in [7, 11) is -4.03. The average molecular weight is 399 g/mol. The van der Waals surface area contributed by atoms with Crippen molar-refractivity contribution in [2.45, 2.75) is 18.7 Å². The van der Waals surface area contributed by atoms with Gasteiger partial charge in [-0.25, -0.2) is 0 Å². The number of halogens is 1. The van der Waals surface area contributed by atoms with Gasteiger partial charge in [-0.15, -0.1) is 0 Å². The maximum atomic E-state index is 12.4. The van der Waals surface area contributed by atoms with Gasteiger partial charge in [0.15, 0.2) is 5.78 Å². The van der Waals surface area contributed by atoms with Gasteiger partial charge in [0, 0.05) is 11.6 Å². The summed E-state index contributed by atoms with van der Waals surface area (Å²) in [4.78, 5) is 11.3. The summed E-state index contributed by atoms with van der Waals surface area (Å²) in [6.07, 6.45) is 0. The van der Waals surface area contributed by atoms with Crippen LogP contribution in [0.1, 0.15) is 24.2 Å². The number of carbonyl (C=O) groups excluding carboxylic acids is 1. The van der Waals surface area contributed by atoms with E-state index in [0.717, 1.165) is 0 Å². The standard InChI is InChI=1S/C16H15BrO5S/c1-3-21-16-10-14(7-8-15(16)17)23(19,20)22-13-6-4-5-12(9-13)11(2)18/h4-10H,3H2,1-2H3. The molecule has 7 heteroatoms. The van der Waals surface area contributed by atoms with Crippen LogP contribution in [-0.4, -0.2) is 20.8 Å². The molecule has 122 valence electrons. The van der Waals surface area contributed by atoms with Crippen LogP contribution in [0.3, 0.4) is 0 Å². The van der Waals surface area contributed by atoms with Crippen LogP contribution in [-0.2, 0) is 10.1 Å². The average Bonchev–Trinajstić information content (AvgIpc) is 2.49. The molecule has 0 unspecified atom stereocenters. The fraction of sp³-hybridized carbons (Fsp3) is 0.188. The predicted octanol–water partition coefficient (Wildman–Crippen LogP) is 3.82. The monoisotopic (exact) mass is 398 g/mol. The highest BCUT2D eigenvalue weighted by Crippen LogP contribution is 2.29. The van der Waals surface area contributed by atoms with Crippen LogP contribution in [0.15, 0.2) is 51.8 Å². The summed E-state index contributed by atoms with van der Waals surface area (Å²) in [6, 6.07) is 10.4. The van der Waals surface area contributed by atoms with E-state index in [0.29, 0.717) is 22.4 Å². The lowest BCUT2D eigenvalue weighted by atomic mass is 10.1. The molecular formula is C16H15BrO5S. The number of hydrogen-bond donors (Lipinski definition) is 0. The van der Waals surface area contributed by atoms with E-state index >= 15 is 0 Å². The zero-order chi connectivity index (χ0) is 17.0. The largest absolute Gasteiger partial charge is 0.493 e. The third-order valence-corrected chi connectivity index (χ3v) is 4.84. The van der Waals surface area contributed by atoms with Gasteiger partial charge >= 0.3 is 10.1 Å². The van der Waals surface area contributed by atoms with E-state index in [1.807, 2.05) is 0 Å². The molecule has 0 atom stereocenters. The van der Waals surface area contributed by atoms with E-state index in [9.17, 15) is 13.2 Å². The van der Waals surface area contributed by atoms with E-state index in [1.165, 1.54) is 31.2 Å². The normalized spacial score (nSPS) is 11.1. The van der Waals surface area contributed by atoms with E-state index < -0.39 is 10.1 Å². The first-order chi connectivity index (χ1) is 10.8. The van der Waals surface area contributed by atoms with Crippen LogP contribution >= 0.6 is 15.9 Å². The molecule has 0 saturated heterocycles. The molecule has 0 fully saturated rings. The van der Waals surface area contributed by atoms with Crippen LogP contribution in [0.2, 0.25) is 0 Å². The summed E-state index contributed by atoms with van der Waals surface area (Å²) < 4.78 is 35.9. The van der Waals surface area contributed by atoms with Gasteiger partial charge in [-0.05, 0) is 54.0 Å². The van der Waals surface area contributed by atoms with Crippen LogP contribution in [0, 0.1) is 0 Å². The fourth-order valence-electron chi connectivity index (χ4n) is 1.85. The van der Waals surface area contributed by atoms with Crippen molar-refractivity contribution in [3.63, 3.8) is 0 Å². The lowest BCUT2D eigenvalue weighted by Crippen LogP contribution is -2.10. The number of ether oxygens (including phenoxy) is 1. The smallest absolute Gasteiger partial charge is 0.339 e. The summed E-state index contributed by atoms with van der Waals surface area (Å²) in [5.41, 5.74) is 0.378. The Hall–Kier alpha value is -1.86. The van der Waals surface area contributed by atoms with Gasteiger partial charge in [0.05, 0.1) is 11.1 Å². The van der Waals surface area contributed by atoms with Gasteiger partial charge in [0.1, 0.15) is 16.4 Å². The third kappa shape index (κ3) is 4.33. The zero-order valence-corrected chi connectivity index (χ0v) is 15.0. The van der Waals surface area contributed by atoms with Crippen molar-refractivity contribution in [3.8, 4) is 11.5 Å². The van der Waals surface area contributed by atoms with Crippen LogP contribution < -0.4 is 8.92 Å². The summed E-state index contributed by atoms with van der Waals surface area (Å²) in [5.74, 6) is 0.323. The molecule has 0 saturated carbocycles. The summed E-state index contributed by atoms with van der Waals surface area (Å²) in [6.45, 7) is 3.61. The number of carbonyl (C=O) groups is 1. The molecule has 0 amide bonds. The second-order valence-corrected chi connectivity index (χ2v) is 7.05. The first-order valence-electron chi connectivity index (χ1n) is 6.81. The Bertz CT molecular complexity index is 830. The quantitative estimate of drug-likeness (QED) is 0.546. The lowest BCUT2D eigenvalue weighted by molar-refractivity contribution is 0.101. The Morgan fingerprint density at radius 3 is 2.57 bits per heavy atom. The van der Waals surface area contributed by atoms with Crippen LogP contribution in [0.4, 0.5) is 0 Å². The molecule has 0 aromatic heterocycles. The van der Waals surface area contributed by atoms with Crippen molar-refractivity contribution in [1.29, 1.82) is 0 Å². The minimum atomic E-state index is -4.03. The number of rotatable bonds is 6. The third-order valence-electron chi connectivity index (χ3n) is 2.94. The molecule has 0 N–H and O–H groups in total. The van der Waals surface area contributed by atoms with Gasteiger partial charge in [-0.2, -0.15) is 8.42 Å². The molecule has 2 aromatic carbocycles. The maximum Gasteiger partial charge on any atom is 0.339 e. The fourth-order valence-corrected chi connectivity index (χ4v) is 3.15. The van der Waals surface area contributed by atoms with Gasteiger partial charge < -0.3 is 8.92 Å². The maximum absolute atomic E-state index is 12.4.